The third-order valence-corrected chi connectivity index (χ3v) is 5.04. The van der Waals surface area contributed by atoms with Crippen molar-refractivity contribution < 1.29 is 9.47 Å². The second-order valence-corrected chi connectivity index (χ2v) is 6.87. The van der Waals surface area contributed by atoms with Crippen LogP contribution in [0.5, 0.6) is 11.5 Å². The Morgan fingerprint density at radius 3 is 2.03 bits per heavy atom. The summed E-state index contributed by atoms with van der Waals surface area (Å²) in [5.41, 5.74) is 4.46. The van der Waals surface area contributed by atoms with Gasteiger partial charge in [-0.15, -0.1) is 0 Å². The highest BCUT2D eigenvalue weighted by molar-refractivity contribution is 6.01. The summed E-state index contributed by atoms with van der Waals surface area (Å²) in [4.78, 5) is 0. The molecule has 29 heavy (non-hydrogen) atoms. The summed E-state index contributed by atoms with van der Waals surface area (Å²) >= 11 is 0. The molecule has 1 atom stereocenters. The molecule has 4 heteroatoms. The Balaban J connectivity index is 1.60. The van der Waals surface area contributed by atoms with Crippen molar-refractivity contribution in [3.05, 3.63) is 96.1 Å². The van der Waals surface area contributed by atoms with Crippen LogP contribution >= 0.6 is 0 Å². The average molecular weight is 384 g/mol. The largest absolute Gasteiger partial charge is 0.497 e. The molecule has 1 aliphatic heterocycles. The van der Waals surface area contributed by atoms with Gasteiger partial charge in [-0.2, -0.15) is 5.10 Å². The molecule has 0 aliphatic carbocycles. The zero-order valence-corrected chi connectivity index (χ0v) is 16.7. The Hall–Kier alpha value is -3.53. The molecule has 0 fully saturated rings. The fourth-order valence-corrected chi connectivity index (χ4v) is 3.45. The molecular formula is C25H24N2O2. The van der Waals surface area contributed by atoms with E-state index >= 15 is 0 Å². The van der Waals surface area contributed by atoms with Gasteiger partial charge in [-0.1, -0.05) is 48.5 Å². The van der Waals surface area contributed by atoms with E-state index < -0.39 is 0 Å². The van der Waals surface area contributed by atoms with E-state index in [-0.39, 0.29) is 6.04 Å². The molecule has 146 valence electrons. The Morgan fingerprint density at radius 1 is 0.793 bits per heavy atom. The van der Waals surface area contributed by atoms with Crippen LogP contribution in [0.2, 0.25) is 0 Å². The van der Waals surface area contributed by atoms with Crippen LogP contribution in [0.1, 0.15) is 23.6 Å². The molecule has 0 unspecified atom stereocenters. The molecular weight excluding hydrogens is 360 g/mol. The van der Waals surface area contributed by atoms with Crippen LogP contribution in [0.25, 0.3) is 6.08 Å². The molecule has 0 aromatic heterocycles. The van der Waals surface area contributed by atoms with Gasteiger partial charge in [-0.05, 0) is 53.6 Å². The topological polar surface area (TPSA) is 34.1 Å². The molecule has 0 saturated carbocycles. The summed E-state index contributed by atoms with van der Waals surface area (Å²) < 4.78 is 10.5. The highest BCUT2D eigenvalue weighted by Crippen LogP contribution is 2.36. The van der Waals surface area contributed by atoms with Crippen LogP contribution in [-0.2, 0) is 0 Å². The Labute approximate surface area is 171 Å². The summed E-state index contributed by atoms with van der Waals surface area (Å²) in [5, 5.41) is 7.02. The third-order valence-electron chi connectivity index (χ3n) is 5.04. The van der Waals surface area contributed by atoms with E-state index in [1.807, 2.05) is 54.6 Å². The molecule has 3 aromatic carbocycles. The number of methoxy groups -OCH3 is 2. The molecule has 0 amide bonds. The number of anilines is 1. The van der Waals surface area contributed by atoms with Gasteiger partial charge in [0.1, 0.15) is 11.5 Å². The highest BCUT2D eigenvalue weighted by atomic mass is 16.5. The van der Waals surface area contributed by atoms with Gasteiger partial charge in [0.05, 0.1) is 31.7 Å². The minimum atomic E-state index is 0.152. The standard InChI is InChI=1S/C25H24N2O2/c1-28-23-14-9-19(10-15-23)8-13-21-18-25(20-11-16-24(29-2)17-12-20)27(26-21)22-6-4-3-5-7-22/h3-17,25H,18H2,1-2H3/b13-8-/t25-/m0/s1. The highest BCUT2D eigenvalue weighted by Gasteiger charge is 2.28. The molecule has 4 rings (SSSR count). The average Bonchev–Trinajstić information content (AvgIpc) is 3.23. The Morgan fingerprint density at radius 2 is 1.41 bits per heavy atom. The smallest absolute Gasteiger partial charge is 0.118 e. The molecule has 1 heterocycles. The van der Waals surface area contributed by atoms with Crippen LogP contribution in [0, 0.1) is 0 Å². The van der Waals surface area contributed by atoms with Crippen molar-refractivity contribution in [1.82, 2.24) is 0 Å². The van der Waals surface area contributed by atoms with Gasteiger partial charge in [0.15, 0.2) is 0 Å². The molecule has 3 aromatic rings. The van der Waals surface area contributed by atoms with Gasteiger partial charge in [0.25, 0.3) is 0 Å². The monoisotopic (exact) mass is 384 g/mol. The minimum Gasteiger partial charge on any atom is -0.497 e. The number of allylic oxidation sites excluding steroid dienone is 1. The fraction of sp³-hybridized carbons (Fsp3) is 0.160. The molecule has 0 N–H and O–H groups in total. The van der Waals surface area contributed by atoms with Gasteiger partial charge < -0.3 is 9.47 Å². The number of rotatable bonds is 6. The summed E-state index contributed by atoms with van der Waals surface area (Å²) in [6, 6.07) is 26.7. The first-order chi connectivity index (χ1) is 14.3. The van der Waals surface area contributed by atoms with Gasteiger partial charge in [-0.25, -0.2) is 0 Å². The lowest BCUT2D eigenvalue weighted by Crippen LogP contribution is -2.18. The molecule has 0 radical (unpaired) electrons. The maximum atomic E-state index is 5.31. The lowest BCUT2D eigenvalue weighted by Gasteiger charge is -2.24. The first-order valence-corrected chi connectivity index (χ1v) is 9.64. The van der Waals surface area contributed by atoms with Crippen molar-refractivity contribution in [3.8, 4) is 11.5 Å². The fourth-order valence-electron chi connectivity index (χ4n) is 3.45. The summed E-state index contributed by atoms with van der Waals surface area (Å²) in [7, 11) is 3.36. The van der Waals surface area contributed by atoms with E-state index in [4.69, 9.17) is 14.6 Å². The van der Waals surface area contributed by atoms with Crippen molar-refractivity contribution >= 4 is 17.5 Å². The van der Waals surface area contributed by atoms with Gasteiger partial charge >= 0.3 is 0 Å². The lowest BCUT2D eigenvalue weighted by atomic mass is 10.0. The van der Waals surface area contributed by atoms with Crippen LogP contribution in [0.15, 0.2) is 90.0 Å². The van der Waals surface area contributed by atoms with Crippen molar-refractivity contribution in [2.24, 2.45) is 5.10 Å². The zero-order valence-electron chi connectivity index (χ0n) is 16.7. The van der Waals surface area contributed by atoms with Crippen LogP contribution in [0.4, 0.5) is 5.69 Å². The minimum absolute atomic E-state index is 0.152. The molecule has 0 bridgehead atoms. The number of benzene rings is 3. The number of hydrazone groups is 1. The maximum Gasteiger partial charge on any atom is 0.118 e. The first kappa shape index (κ1) is 18.8. The molecule has 1 aliphatic rings. The SMILES string of the molecule is COc1ccc(/C=C\C2=NN(c3ccccc3)[C@H](c3ccc(OC)cc3)C2)cc1. The van der Waals surface area contributed by atoms with E-state index in [1.165, 1.54) is 5.56 Å². The van der Waals surface area contributed by atoms with Crippen LogP contribution < -0.4 is 14.5 Å². The quantitative estimate of drug-likeness (QED) is 0.545. The number of hydrogen-bond donors (Lipinski definition) is 0. The van der Waals surface area contributed by atoms with E-state index in [9.17, 15) is 0 Å². The second kappa shape index (κ2) is 8.65. The molecule has 0 spiro atoms. The van der Waals surface area contributed by atoms with Crippen LogP contribution in [0.3, 0.4) is 0 Å². The predicted octanol–water partition coefficient (Wildman–Crippen LogP) is 5.72. The number of hydrogen-bond acceptors (Lipinski definition) is 4. The van der Waals surface area contributed by atoms with E-state index in [2.05, 4.69) is 41.4 Å². The van der Waals surface area contributed by atoms with Crippen molar-refractivity contribution in [2.75, 3.05) is 19.2 Å². The second-order valence-electron chi connectivity index (χ2n) is 6.87. The van der Waals surface area contributed by atoms with Gasteiger partial charge in [0, 0.05) is 6.42 Å². The molecule has 4 nitrogen and oxygen atoms in total. The molecule has 0 saturated heterocycles. The number of para-hydroxylation sites is 1. The Kier molecular flexibility index (Phi) is 5.61. The maximum absolute atomic E-state index is 5.31. The first-order valence-electron chi connectivity index (χ1n) is 9.64. The van der Waals surface area contributed by atoms with E-state index in [0.29, 0.717) is 0 Å². The van der Waals surface area contributed by atoms with E-state index in [0.717, 1.165) is 34.9 Å². The summed E-state index contributed by atoms with van der Waals surface area (Å²) in [5.74, 6) is 1.72. The van der Waals surface area contributed by atoms with Crippen molar-refractivity contribution in [1.29, 1.82) is 0 Å². The van der Waals surface area contributed by atoms with E-state index in [1.54, 1.807) is 14.2 Å². The zero-order chi connectivity index (χ0) is 20.1. The number of nitrogens with zero attached hydrogens (tertiary/aromatic N) is 2. The number of ether oxygens (including phenoxy) is 2. The van der Waals surface area contributed by atoms with Gasteiger partial charge in [-0.3, -0.25) is 5.01 Å². The van der Waals surface area contributed by atoms with Crippen molar-refractivity contribution in [3.63, 3.8) is 0 Å². The van der Waals surface area contributed by atoms with Gasteiger partial charge in [0.2, 0.25) is 0 Å². The Bertz CT molecular complexity index is 993. The summed E-state index contributed by atoms with van der Waals surface area (Å²) in [6.45, 7) is 0. The lowest BCUT2D eigenvalue weighted by molar-refractivity contribution is 0.414. The normalized spacial score (nSPS) is 16.1. The predicted molar refractivity (Wildman–Crippen MR) is 119 cm³/mol. The third kappa shape index (κ3) is 4.32. The summed E-state index contributed by atoms with van der Waals surface area (Å²) in [6.07, 6.45) is 5.03. The van der Waals surface area contributed by atoms with Crippen LogP contribution in [-0.4, -0.2) is 19.9 Å². The van der Waals surface area contributed by atoms with Crippen molar-refractivity contribution in [2.45, 2.75) is 12.5 Å².